The molecule has 1 unspecified atom stereocenters. The first-order valence-electron chi connectivity index (χ1n) is 1.69. The lowest BCUT2D eigenvalue weighted by molar-refractivity contribution is 0.688. The largest absolute Gasteiger partial charge is 0.257 e. The highest BCUT2D eigenvalue weighted by atomic mass is 35.7. The molecule has 0 spiro atoms. The van der Waals surface area contributed by atoms with Gasteiger partial charge in [-0.25, -0.2) is 4.52 Å². The van der Waals surface area contributed by atoms with Crippen LogP contribution >= 0.6 is 27.8 Å². The molecule has 5 heteroatoms. The molecule has 0 aromatic carbocycles. The molecule has 0 saturated carbocycles. The van der Waals surface area contributed by atoms with Crippen LogP contribution in [0.3, 0.4) is 0 Å². The van der Waals surface area contributed by atoms with Crippen molar-refractivity contribution in [2.45, 2.75) is 0 Å². The summed E-state index contributed by atoms with van der Waals surface area (Å²) in [4.78, 5) is 0. The average Bonchev–Trinajstić information content (AvgIpc) is 1.65. The fourth-order valence-corrected chi connectivity index (χ4v) is 0.805. The molecule has 0 fully saturated rings. The van der Waals surface area contributed by atoms with Gasteiger partial charge >= 0.3 is 0 Å². The normalized spacial score (nSPS) is 14.3. The zero-order valence-electron chi connectivity index (χ0n) is 4.22. The van der Waals surface area contributed by atoms with E-state index in [9.17, 15) is 0 Å². The van der Waals surface area contributed by atoms with E-state index < -0.39 is 7.58 Å². The molecule has 1 atom stereocenters. The topological polar surface area (TPSA) is 15.6 Å². The standard InChI is InChI=1S/C2H7ClN2P2/c1-5(2)7(3)4-6/h6H,1-2H3. The van der Waals surface area contributed by atoms with E-state index in [4.69, 9.17) is 11.2 Å². The van der Waals surface area contributed by atoms with E-state index in [1.54, 1.807) is 0 Å². The fraction of sp³-hybridized carbons (Fsp3) is 1.00. The fourth-order valence-electron chi connectivity index (χ4n) is 0.0894. The molecule has 7 heavy (non-hydrogen) atoms. The molecule has 2 nitrogen and oxygen atoms in total. The van der Waals surface area contributed by atoms with Crippen molar-refractivity contribution in [3.05, 3.63) is 0 Å². The molecule has 0 aliphatic heterocycles. The molecule has 0 radical (unpaired) electrons. The van der Waals surface area contributed by atoms with Crippen LogP contribution in [0, 0.1) is 0 Å². The van der Waals surface area contributed by atoms with E-state index in [0.717, 1.165) is 0 Å². The van der Waals surface area contributed by atoms with Crippen LogP contribution in [0.5, 0.6) is 0 Å². The number of hydrogen-bond donors (Lipinski definition) is 0. The van der Waals surface area contributed by atoms with E-state index in [0.29, 0.717) is 0 Å². The molecular weight excluding hydrogens is 149 g/mol. The van der Waals surface area contributed by atoms with Crippen LogP contribution in [-0.4, -0.2) is 18.8 Å². The predicted molar refractivity (Wildman–Crippen MR) is 37.2 cm³/mol. The highest BCUT2D eigenvalue weighted by Gasteiger charge is 1.99. The Morgan fingerprint density at radius 1 is 1.71 bits per heavy atom. The van der Waals surface area contributed by atoms with Gasteiger partial charge in [0.2, 0.25) is 0 Å². The molecule has 0 bridgehead atoms. The third-order valence-electron chi connectivity index (χ3n) is 0.413. The number of hydrogen-bond acceptors (Lipinski definition) is 2. The van der Waals surface area contributed by atoms with Gasteiger partial charge in [-0.1, -0.05) is 11.2 Å². The SMILES string of the molecule is CN(C)P(Cl)N=P. The van der Waals surface area contributed by atoms with Crippen molar-refractivity contribution in [2.24, 2.45) is 4.52 Å². The monoisotopic (exact) mass is 156 g/mol. The first-order chi connectivity index (χ1) is 3.18. The van der Waals surface area contributed by atoms with Crippen LogP contribution in [0.1, 0.15) is 0 Å². The van der Waals surface area contributed by atoms with Crippen LogP contribution in [-0.2, 0) is 0 Å². The van der Waals surface area contributed by atoms with Gasteiger partial charge in [-0.05, 0) is 23.1 Å². The van der Waals surface area contributed by atoms with Crippen molar-refractivity contribution in [2.75, 3.05) is 14.1 Å². The van der Waals surface area contributed by atoms with E-state index in [1.165, 1.54) is 0 Å². The summed E-state index contributed by atoms with van der Waals surface area (Å²) in [6, 6.07) is 0. The zero-order chi connectivity index (χ0) is 5.86. The second-order valence-electron chi connectivity index (χ2n) is 1.19. The molecule has 0 saturated heterocycles. The van der Waals surface area contributed by atoms with Crippen LogP contribution in [0.15, 0.2) is 4.52 Å². The Labute approximate surface area is 51.8 Å². The minimum absolute atomic E-state index is 0.793. The summed E-state index contributed by atoms with van der Waals surface area (Å²) in [5.41, 5.74) is 0. The molecule has 42 valence electrons. The van der Waals surface area contributed by atoms with Gasteiger partial charge in [-0.2, -0.15) is 0 Å². The Kier molecular flexibility index (Phi) is 4.16. The third kappa shape index (κ3) is 3.37. The summed E-state index contributed by atoms with van der Waals surface area (Å²) in [6.07, 6.45) is 0. The van der Waals surface area contributed by atoms with E-state index >= 15 is 0 Å². The van der Waals surface area contributed by atoms with Crippen LogP contribution in [0.2, 0.25) is 0 Å². The lowest BCUT2D eigenvalue weighted by atomic mass is 11.3. The second-order valence-corrected chi connectivity index (χ2v) is 4.18. The molecule has 0 aromatic rings. The van der Waals surface area contributed by atoms with Gasteiger partial charge in [0, 0.05) is 0 Å². The molecule has 0 aliphatic carbocycles. The Balaban J connectivity index is 3.33. The van der Waals surface area contributed by atoms with Crippen molar-refractivity contribution in [1.82, 2.24) is 4.67 Å². The van der Waals surface area contributed by atoms with Crippen molar-refractivity contribution in [3.8, 4) is 0 Å². The third-order valence-corrected chi connectivity index (χ3v) is 3.32. The lowest BCUT2D eigenvalue weighted by Gasteiger charge is -2.08. The summed E-state index contributed by atoms with van der Waals surface area (Å²) < 4.78 is 5.49. The molecule has 0 amide bonds. The van der Waals surface area contributed by atoms with Gasteiger partial charge in [0.05, 0.1) is 0 Å². The van der Waals surface area contributed by atoms with Gasteiger partial charge in [0.1, 0.15) is 0 Å². The summed E-state index contributed by atoms with van der Waals surface area (Å²) >= 11 is 5.58. The van der Waals surface area contributed by atoms with Crippen molar-refractivity contribution in [1.29, 1.82) is 0 Å². The van der Waals surface area contributed by atoms with Crippen LogP contribution < -0.4 is 0 Å². The first-order valence-corrected chi connectivity index (χ1v) is 4.29. The Hall–Kier alpha value is 0.780. The summed E-state index contributed by atoms with van der Waals surface area (Å²) in [5.74, 6) is 0. The summed E-state index contributed by atoms with van der Waals surface area (Å²) in [7, 11) is 5.90. The molecule has 0 rings (SSSR count). The van der Waals surface area contributed by atoms with Crippen molar-refractivity contribution >= 4 is 27.8 Å². The van der Waals surface area contributed by atoms with E-state index in [-0.39, 0.29) is 0 Å². The molecule has 0 aliphatic rings. The highest BCUT2D eigenvalue weighted by molar-refractivity contribution is 7.82. The number of halogens is 1. The van der Waals surface area contributed by atoms with E-state index in [1.807, 2.05) is 18.8 Å². The smallest absolute Gasteiger partial charge is 0.191 e. The first kappa shape index (κ1) is 7.78. The minimum atomic E-state index is -0.793. The Morgan fingerprint density at radius 3 is 2.14 bits per heavy atom. The number of nitrogens with zero attached hydrogens (tertiary/aromatic N) is 2. The van der Waals surface area contributed by atoms with Crippen LogP contribution in [0.25, 0.3) is 0 Å². The zero-order valence-corrected chi connectivity index (χ0v) is 6.87. The molecule has 0 N–H and O–H groups in total. The van der Waals surface area contributed by atoms with E-state index in [2.05, 4.69) is 13.5 Å². The maximum atomic E-state index is 5.58. The Morgan fingerprint density at radius 2 is 2.14 bits per heavy atom. The van der Waals surface area contributed by atoms with Gasteiger partial charge < -0.3 is 0 Å². The lowest BCUT2D eigenvalue weighted by Crippen LogP contribution is -1.97. The van der Waals surface area contributed by atoms with Crippen LogP contribution in [0.4, 0.5) is 0 Å². The summed E-state index contributed by atoms with van der Waals surface area (Å²) in [5, 5.41) is 0. The highest BCUT2D eigenvalue weighted by Crippen LogP contribution is 2.45. The van der Waals surface area contributed by atoms with Gasteiger partial charge in [-0.3, -0.25) is 4.67 Å². The van der Waals surface area contributed by atoms with Crippen molar-refractivity contribution in [3.63, 3.8) is 0 Å². The molecule has 0 aromatic heterocycles. The maximum absolute atomic E-state index is 5.58. The maximum Gasteiger partial charge on any atom is 0.191 e. The van der Waals surface area contributed by atoms with Gasteiger partial charge in [0.25, 0.3) is 0 Å². The quantitative estimate of drug-likeness (QED) is 0.561. The van der Waals surface area contributed by atoms with Gasteiger partial charge in [0.15, 0.2) is 7.58 Å². The average molecular weight is 156 g/mol. The Bertz CT molecular complexity index is 66.7. The molecule has 0 heterocycles. The second kappa shape index (κ2) is 3.74. The summed E-state index contributed by atoms with van der Waals surface area (Å²) in [6.45, 7) is 0. The number of rotatable bonds is 2. The molecular formula is C2H7ClN2P2. The van der Waals surface area contributed by atoms with Crippen molar-refractivity contribution < 1.29 is 0 Å². The minimum Gasteiger partial charge on any atom is -0.257 e. The predicted octanol–water partition coefficient (Wildman–Crippen LogP) is 2.34. The van der Waals surface area contributed by atoms with Gasteiger partial charge in [-0.15, -0.1) is 0 Å².